The van der Waals surface area contributed by atoms with Gasteiger partial charge in [-0.15, -0.1) is 0 Å². The minimum absolute atomic E-state index is 0.140. The molecule has 0 spiro atoms. The van der Waals surface area contributed by atoms with Crippen molar-refractivity contribution in [1.82, 2.24) is 10.2 Å². The number of halogens is 2. The zero-order chi connectivity index (χ0) is 15.1. The molecule has 1 aromatic carbocycles. The Morgan fingerprint density at radius 3 is 2.60 bits per heavy atom. The van der Waals surface area contributed by atoms with Crippen LogP contribution in [0.15, 0.2) is 18.2 Å². The normalized spacial score (nSPS) is 10.9. The Morgan fingerprint density at radius 1 is 1.30 bits per heavy atom. The first kappa shape index (κ1) is 17.3. The van der Waals surface area contributed by atoms with Gasteiger partial charge in [0.2, 0.25) is 5.91 Å². The van der Waals surface area contributed by atoms with Crippen LogP contribution >= 0.6 is 23.2 Å². The Kier molecular flexibility index (Phi) is 7.35. The average Bonchev–Trinajstić information content (AvgIpc) is 2.38. The van der Waals surface area contributed by atoms with E-state index in [0.29, 0.717) is 29.1 Å². The van der Waals surface area contributed by atoms with Crippen LogP contribution in [0.1, 0.15) is 32.3 Å². The lowest BCUT2D eigenvalue weighted by Crippen LogP contribution is -2.28. The van der Waals surface area contributed by atoms with Gasteiger partial charge in [-0.25, -0.2) is 0 Å². The topological polar surface area (TPSA) is 32.3 Å². The Bertz CT molecular complexity index is 449. The van der Waals surface area contributed by atoms with E-state index < -0.39 is 0 Å². The summed E-state index contributed by atoms with van der Waals surface area (Å²) in [5.41, 5.74) is 0.982. The molecule has 5 heteroatoms. The van der Waals surface area contributed by atoms with Crippen molar-refractivity contribution in [3.8, 4) is 0 Å². The number of amides is 1. The standard InChI is InChI=1S/C15H22Cl2N2O/c1-11(2)18-8-4-5-15(20)19(3)10-12-6-7-13(16)14(17)9-12/h6-7,9,11,18H,4-5,8,10H2,1-3H3. The molecule has 1 rings (SSSR count). The summed E-state index contributed by atoms with van der Waals surface area (Å²) in [6, 6.07) is 5.90. The molecule has 0 saturated carbocycles. The number of nitrogens with one attached hydrogen (secondary N) is 1. The first-order valence-electron chi connectivity index (χ1n) is 6.81. The minimum atomic E-state index is 0.140. The van der Waals surface area contributed by atoms with E-state index in [2.05, 4.69) is 19.2 Å². The van der Waals surface area contributed by atoms with Gasteiger partial charge in [-0.05, 0) is 30.7 Å². The summed E-state index contributed by atoms with van der Waals surface area (Å²) in [4.78, 5) is 13.7. The zero-order valence-corrected chi connectivity index (χ0v) is 13.8. The SMILES string of the molecule is CC(C)NCCCC(=O)N(C)Cc1ccc(Cl)c(Cl)c1. The molecular weight excluding hydrogens is 295 g/mol. The molecule has 20 heavy (non-hydrogen) atoms. The van der Waals surface area contributed by atoms with Gasteiger partial charge in [0.25, 0.3) is 0 Å². The van der Waals surface area contributed by atoms with Gasteiger partial charge in [0, 0.05) is 26.1 Å². The number of hydrogen-bond acceptors (Lipinski definition) is 2. The van der Waals surface area contributed by atoms with E-state index in [1.165, 1.54) is 0 Å². The van der Waals surface area contributed by atoms with Crippen LogP contribution in [0.4, 0.5) is 0 Å². The fourth-order valence-corrected chi connectivity index (χ4v) is 2.14. The number of carbonyl (C=O) groups excluding carboxylic acids is 1. The van der Waals surface area contributed by atoms with E-state index in [9.17, 15) is 4.79 Å². The van der Waals surface area contributed by atoms with Gasteiger partial charge >= 0.3 is 0 Å². The maximum atomic E-state index is 12.0. The van der Waals surface area contributed by atoms with Crippen molar-refractivity contribution in [3.63, 3.8) is 0 Å². The zero-order valence-electron chi connectivity index (χ0n) is 12.2. The number of nitrogens with zero attached hydrogens (tertiary/aromatic N) is 1. The molecular formula is C15H22Cl2N2O. The second-order valence-corrected chi connectivity index (χ2v) is 6.03. The van der Waals surface area contributed by atoms with Gasteiger partial charge in [-0.1, -0.05) is 43.1 Å². The lowest BCUT2D eigenvalue weighted by atomic mass is 10.2. The first-order chi connectivity index (χ1) is 9.40. The maximum absolute atomic E-state index is 12.0. The maximum Gasteiger partial charge on any atom is 0.222 e. The van der Waals surface area contributed by atoms with Crippen LogP contribution in [-0.4, -0.2) is 30.4 Å². The minimum Gasteiger partial charge on any atom is -0.341 e. The molecule has 0 aliphatic heterocycles. The Hall–Kier alpha value is -0.770. The molecule has 0 aromatic heterocycles. The fourth-order valence-electron chi connectivity index (χ4n) is 1.82. The second-order valence-electron chi connectivity index (χ2n) is 5.21. The van der Waals surface area contributed by atoms with Crippen molar-refractivity contribution in [2.75, 3.05) is 13.6 Å². The molecule has 0 radical (unpaired) electrons. The Labute approximate surface area is 131 Å². The molecule has 112 valence electrons. The Morgan fingerprint density at radius 2 is 2.00 bits per heavy atom. The van der Waals surface area contributed by atoms with Gasteiger partial charge in [0.05, 0.1) is 10.0 Å². The summed E-state index contributed by atoms with van der Waals surface area (Å²) < 4.78 is 0. The smallest absolute Gasteiger partial charge is 0.222 e. The highest BCUT2D eigenvalue weighted by molar-refractivity contribution is 6.42. The number of hydrogen-bond donors (Lipinski definition) is 1. The van der Waals surface area contributed by atoms with Crippen molar-refractivity contribution in [2.24, 2.45) is 0 Å². The van der Waals surface area contributed by atoms with Gasteiger partial charge in [0.1, 0.15) is 0 Å². The molecule has 0 fully saturated rings. The molecule has 1 amide bonds. The van der Waals surface area contributed by atoms with Crippen LogP contribution in [0.2, 0.25) is 10.0 Å². The number of rotatable bonds is 7. The lowest BCUT2D eigenvalue weighted by Gasteiger charge is -2.18. The predicted molar refractivity (Wildman–Crippen MR) is 85.3 cm³/mol. The van der Waals surface area contributed by atoms with E-state index in [-0.39, 0.29) is 5.91 Å². The van der Waals surface area contributed by atoms with Crippen molar-refractivity contribution in [3.05, 3.63) is 33.8 Å². The highest BCUT2D eigenvalue weighted by atomic mass is 35.5. The summed E-state index contributed by atoms with van der Waals surface area (Å²) in [6.45, 7) is 5.60. The van der Waals surface area contributed by atoms with E-state index in [1.807, 2.05) is 6.07 Å². The summed E-state index contributed by atoms with van der Waals surface area (Å²) in [7, 11) is 1.81. The summed E-state index contributed by atoms with van der Waals surface area (Å²) in [5, 5.41) is 4.35. The lowest BCUT2D eigenvalue weighted by molar-refractivity contribution is -0.130. The monoisotopic (exact) mass is 316 g/mol. The average molecular weight is 317 g/mol. The van der Waals surface area contributed by atoms with Gasteiger partial charge in [0.15, 0.2) is 0 Å². The number of benzene rings is 1. The molecule has 1 aromatic rings. The molecule has 0 saturated heterocycles. The first-order valence-corrected chi connectivity index (χ1v) is 7.57. The summed E-state index contributed by atoms with van der Waals surface area (Å²) in [5.74, 6) is 0.140. The van der Waals surface area contributed by atoms with Crippen molar-refractivity contribution in [2.45, 2.75) is 39.3 Å². The third-order valence-corrected chi connectivity index (χ3v) is 3.69. The van der Waals surface area contributed by atoms with Crippen LogP contribution in [-0.2, 0) is 11.3 Å². The van der Waals surface area contributed by atoms with Crippen LogP contribution < -0.4 is 5.32 Å². The predicted octanol–water partition coefficient (Wildman–Crippen LogP) is 3.73. The van der Waals surface area contributed by atoms with Crippen LogP contribution in [0.5, 0.6) is 0 Å². The van der Waals surface area contributed by atoms with E-state index in [4.69, 9.17) is 23.2 Å². The van der Waals surface area contributed by atoms with E-state index >= 15 is 0 Å². The molecule has 0 atom stereocenters. The highest BCUT2D eigenvalue weighted by Crippen LogP contribution is 2.23. The van der Waals surface area contributed by atoms with Gasteiger partial charge < -0.3 is 10.2 Å². The largest absolute Gasteiger partial charge is 0.341 e. The summed E-state index contributed by atoms with van der Waals surface area (Å²) >= 11 is 11.8. The molecule has 0 aliphatic carbocycles. The van der Waals surface area contributed by atoms with Gasteiger partial charge in [-0.3, -0.25) is 4.79 Å². The molecule has 1 N–H and O–H groups in total. The van der Waals surface area contributed by atoms with Crippen molar-refractivity contribution in [1.29, 1.82) is 0 Å². The van der Waals surface area contributed by atoms with Crippen LogP contribution in [0.25, 0.3) is 0 Å². The quantitative estimate of drug-likeness (QED) is 0.777. The highest BCUT2D eigenvalue weighted by Gasteiger charge is 2.10. The van der Waals surface area contributed by atoms with E-state index in [1.54, 1.807) is 24.1 Å². The summed E-state index contributed by atoms with van der Waals surface area (Å²) in [6.07, 6.45) is 1.40. The Balaban J connectivity index is 2.39. The third-order valence-electron chi connectivity index (χ3n) is 2.95. The molecule has 0 unspecified atom stereocenters. The fraction of sp³-hybridized carbons (Fsp3) is 0.533. The molecule has 0 aliphatic rings. The second kappa shape index (κ2) is 8.50. The third kappa shape index (κ3) is 6.12. The molecule has 0 heterocycles. The number of carbonyl (C=O) groups is 1. The van der Waals surface area contributed by atoms with Crippen LogP contribution in [0.3, 0.4) is 0 Å². The van der Waals surface area contributed by atoms with Crippen molar-refractivity contribution < 1.29 is 4.79 Å². The van der Waals surface area contributed by atoms with Crippen molar-refractivity contribution >= 4 is 29.1 Å². The molecule has 3 nitrogen and oxygen atoms in total. The van der Waals surface area contributed by atoms with Crippen LogP contribution in [0, 0.1) is 0 Å². The van der Waals surface area contributed by atoms with E-state index in [0.717, 1.165) is 18.5 Å². The molecule has 0 bridgehead atoms. The van der Waals surface area contributed by atoms with Gasteiger partial charge in [-0.2, -0.15) is 0 Å².